The fourth-order valence-corrected chi connectivity index (χ4v) is 0.956. The molecule has 0 saturated heterocycles. The molecule has 0 aromatic heterocycles. The van der Waals surface area contributed by atoms with Crippen molar-refractivity contribution in [2.24, 2.45) is 16.8 Å². The molecule has 1 atom stereocenters. The number of carbonyl (C=O) groups excluding carboxylic acids is 1. The molecule has 76 valence electrons. The van der Waals surface area contributed by atoms with E-state index in [-0.39, 0.29) is 11.7 Å². The van der Waals surface area contributed by atoms with Gasteiger partial charge >= 0.3 is 0 Å². The molecule has 0 aromatic rings. The van der Waals surface area contributed by atoms with Gasteiger partial charge in [-0.2, -0.15) is 11.8 Å². The lowest BCUT2D eigenvalue weighted by atomic mass is 10.1. The van der Waals surface area contributed by atoms with E-state index in [1.54, 1.807) is 18.7 Å². The summed E-state index contributed by atoms with van der Waals surface area (Å²) < 4.78 is 0. The maximum absolute atomic E-state index is 11.2. The molecule has 0 saturated carbocycles. The van der Waals surface area contributed by atoms with Gasteiger partial charge in [0.2, 0.25) is 5.91 Å². The van der Waals surface area contributed by atoms with Gasteiger partial charge in [-0.05, 0) is 13.2 Å². The van der Waals surface area contributed by atoms with Crippen LogP contribution >= 0.6 is 11.8 Å². The largest absolute Gasteiger partial charge is 0.409 e. The lowest BCUT2D eigenvalue weighted by Gasteiger charge is -2.09. The van der Waals surface area contributed by atoms with Crippen molar-refractivity contribution >= 4 is 23.5 Å². The van der Waals surface area contributed by atoms with Crippen molar-refractivity contribution in [2.45, 2.75) is 6.92 Å². The molecule has 13 heavy (non-hydrogen) atoms. The second kappa shape index (κ2) is 6.59. The predicted molar refractivity (Wildman–Crippen MR) is 54.0 cm³/mol. The molecule has 5 nitrogen and oxygen atoms in total. The highest BCUT2D eigenvalue weighted by Gasteiger charge is 2.16. The van der Waals surface area contributed by atoms with Crippen LogP contribution < -0.4 is 11.1 Å². The van der Waals surface area contributed by atoms with Crippen LogP contribution in [0, 0.1) is 5.92 Å². The summed E-state index contributed by atoms with van der Waals surface area (Å²) in [4.78, 5) is 11.2. The molecule has 0 bridgehead atoms. The van der Waals surface area contributed by atoms with Gasteiger partial charge in [0.25, 0.3) is 0 Å². The van der Waals surface area contributed by atoms with Gasteiger partial charge < -0.3 is 16.3 Å². The van der Waals surface area contributed by atoms with E-state index < -0.39 is 5.92 Å². The van der Waals surface area contributed by atoms with Gasteiger partial charge in [0.1, 0.15) is 0 Å². The van der Waals surface area contributed by atoms with Crippen molar-refractivity contribution in [3.05, 3.63) is 0 Å². The first-order chi connectivity index (χ1) is 6.13. The summed E-state index contributed by atoms with van der Waals surface area (Å²) in [6.07, 6.45) is 1.96. The lowest BCUT2D eigenvalue weighted by molar-refractivity contribution is -0.122. The number of nitrogens with zero attached hydrogens (tertiary/aromatic N) is 1. The topological polar surface area (TPSA) is 87.7 Å². The Hall–Kier alpha value is -0.910. The SMILES string of the molecule is CSCCNC(=O)C(C)C(N)=NO. The van der Waals surface area contributed by atoms with Crippen LogP contribution in [0.25, 0.3) is 0 Å². The molecule has 1 unspecified atom stereocenters. The van der Waals surface area contributed by atoms with Gasteiger partial charge in [0, 0.05) is 12.3 Å². The van der Waals surface area contributed by atoms with Gasteiger partial charge in [-0.25, -0.2) is 0 Å². The molecular formula is C7H15N3O2S. The number of thioether (sulfide) groups is 1. The van der Waals surface area contributed by atoms with Crippen molar-refractivity contribution in [2.75, 3.05) is 18.6 Å². The fraction of sp³-hybridized carbons (Fsp3) is 0.714. The van der Waals surface area contributed by atoms with E-state index in [2.05, 4.69) is 10.5 Å². The van der Waals surface area contributed by atoms with E-state index >= 15 is 0 Å². The molecule has 0 fully saturated rings. The van der Waals surface area contributed by atoms with E-state index in [1.165, 1.54) is 0 Å². The van der Waals surface area contributed by atoms with E-state index in [4.69, 9.17) is 10.9 Å². The molecule has 0 heterocycles. The van der Waals surface area contributed by atoms with E-state index in [1.807, 2.05) is 6.26 Å². The molecule has 0 aliphatic heterocycles. The Kier molecular flexibility index (Phi) is 6.13. The van der Waals surface area contributed by atoms with Gasteiger partial charge in [-0.15, -0.1) is 0 Å². The third-order valence-corrected chi connectivity index (χ3v) is 2.17. The fourth-order valence-electron chi connectivity index (χ4n) is 0.650. The third-order valence-electron chi connectivity index (χ3n) is 1.56. The van der Waals surface area contributed by atoms with Crippen molar-refractivity contribution in [3.8, 4) is 0 Å². The van der Waals surface area contributed by atoms with Crippen LogP contribution in [0.5, 0.6) is 0 Å². The molecule has 0 aromatic carbocycles. The number of hydrogen-bond donors (Lipinski definition) is 3. The standard InChI is InChI=1S/C7H15N3O2S/c1-5(6(8)10-12)7(11)9-3-4-13-2/h5,12H,3-4H2,1-2H3,(H2,8,10)(H,9,11). The number of amides is 1. The Morgan fingerprint density at radius 1 is 1.77 bits per heavy atom. The smallest absolute Gasteiger partial charge is 0.230 e. The minimum atomic E-state index is -0.577. The normalized spacial score (nSPS) is 13.8. The van der Waals surface area contributed by atoms with Crippen molar-refractivity contribution in [1.82, 2.24) is 5.32 Å². The van der Waals surface area contributed by atoms with E-state index in [9.17, 15) is 4.79 Å². The minimum Gasteiger partial charge on any atom is -0.409 e. The third kappa shape index (κ3) is 4.62. The summed E-state index contributed by atoms with van der Waals surface area (Å²) in [5, 5.41) is 13.7. The Bertz CT molecular complexity index is 196. The van der Waals surface area contributed by atoms with Crippen molar-refractivity contribution in [3.63, 3.8) is 0 Å². The van der Waals surface area contributed by atoms with Gasteiger partial charge in [0.15, 0.2) is 5.84 Å². The number of amidine groups is 1. The van der Waals surface area contributed by atoms with Crippen LogP contribution in [0.15, 0.2) is 5.16 Å². The summed E-state index contributed by atoms with van der Waals surface area (Å²) in [5.41, 5.74) is 5.26. The predicted octanol–water partition coefficient (Wildman–Crippen LogP) is -0.152. The Balaban J connectivity index is 3.83. The van der Waals surface area contributed by atoms with Crippen LogP contribution in [0.3, 0.4) is 0 Å². The monoisotopic (exact) mass is 205 g/mol. The van der Waals surface area contributed by atoms with E-state index in [0.717, 1.165) is 5.75 Å². The second-order valence-electron chi connectivity index (χ2n) is 2.53. The van der Waals surface area contributed by atoms with Gasteiger partial charge in [0.05, 0.1) is 5.92 Å². The van der Waals surface area contributed by atoms with Crippen LogP contribution in [0.2, 0.25) is 0 Å². The molecule has 0 aliphatic carbocycles. The zero-order chi connectivity index (χ0) is 10.3. The van der Waals surface area contributed by atoms with Crippen molar-refractivity contribution < 1.29 is 10.0 Å². The average molecular weight is 205 g/mol. The van der Waals surface area contributed by atoms with Crippen LogP contribution in [-0.2, 0) is 4.79 Å². The number of hydrogen-bond acceptors (Lipinski definition) is 4. The molecule has 0 spiro atoms. The molecule has 4 N–H and O–H groups in total. The average Bonchev–Trinajstić information content (AvgIpc) is 2.15. The highest BCUT2D eigenvalue weighted by Crippen LogP contribution is 1.95. The molecule has 6 heteroatoms. The maximum atomic E-state index is 11.2. The Morgan fingerprint density at radius 2 is 2.38 bits per heavy atom. The summed E-state index contributed by atoms with van der Waals surface area (Å²) in [5.74, 6) is -0.00731. The number of nitrogens with one attached hydrogen (secondary N) is 1. The Labute approximate surface area is 81.7 Å². The number of rotatable bonds is 5. The Morgan fingerprint density at radius 3 is 2.85 bits per heavy atom. The maximum Gasteiger partial charge on any atom is 0.230 e. The van der Waals surface area contributed by atoms with Crippen molar-refractivity contribution in [1.29, 1.82) is 0 Å². The molecule has 0 radical (unpaired) electrons. The first kappa shape index (κ1) is 12.1. The number of carbonyl (C=O) groups is 1. The highest BCUT2D eigenvalue weighted by molar-refractivity contribution is 7.98. The van der Waals surface area contributed by atoms with Crippen LogP contribution in [-0.4, -0.2) is 35.5 Å². The van der Waals surface area contributed by atoms with Gasteiger partial charge in [-0.1, -0.05) is 5.16 Å². The first-order valence-corrected chi connectivity index (χ1v) is 5.27. The van der Waals surface area contributed by atoms with Crippen LogP contribution in [0.1, 0.15) is 6.92 Å². The summed E-state index contributed by atoms with van der Waals surface area (Å²) >= 11 is 1.64. The second-order valence-corrected chi connectivity index (χ2v) is 3.52. The molecule has 0 rings (SSSR count). The number of oxime groups is 1. The first-order valence-electron chi connectivity index (χ1n) is 3.87. The summed E-state index contributed by atoms with van der Waals surface area (Å²) in [6.45, 7) is 2.19. The summed E-state index contributed by atoms with van der Waals surface area (Å²) in [6, 6.07) is 0. The zero-order valence-corrected chi connectivity index (χ0v) is 8.60. The van der Waals surface area contributed by atoms with Gasteiger partial charge in [-0.3, -0.25) is 4.79 Å². The lowest BCUT2D eigenvalue weighted by Crippen LogP contribution is -2.38. The van der Waals surface area contributed by atoms with Crippen LogP contribution in [0.4, 0.5) is 0 Å². The zero-order valence-electron chi connectivity index (χ0n) is 7.78. The quantitative estimate of drug-likeness (QED) is 0.191. The molecular weight excluding hydrogens is 190 g/mol. The molecule has 0 aliphatic rings. The molecule has 1 amide bonds. The minimum absolute atomic E-state index is 0.0679. The van der Waals surface area contributed by atoms with E-state index in [0.29, 0.717) is 6.54 Å². The summed E-state index contributed by atoms with van der Waals surface area (Å²) in [7, 11) is 0. The highest BCUT2D eigenvalue weighted by atomic mass is 32.2. The number of nitrogens with two attached hydrogens (primary N) is 1.